The predicted octanol–water partition coefficient (Wildman–Crippen LogP) is 4.63. The molecule has 0 N–H and O–H groups in total. The van der Waals surface area contributed by atoms with Crippen molar-refractivity contribution < 1.29 is 4.39 Å². The summed E-state index contributed by atoms with van der Waals surface area (Å²) in [6.45, 7) is 2.01. The Kier molecular flexibility index (Phi) is 4.01. The minimum absolute atomic E-state index is 0.122. The second-order valence-electron chi connectivity index (χ2n) is 4.90. The molecule has 0 heterocycles. The first-order valence-corrected chi connectivity index (χ1v) is 6.96. The summed E-state index contributed by atoms with van der Waals surface area (Å²) in [6.07, 6.45) is 6.31. The summed E-state index contributed by atoms with van der Waals surface area (Å²) in [5, 5.41) is 0. The van der Waals surface area contributed by atoms with E-state index in [0.29, 0.717) is 4.83 Å². The van der Waals surface area contributed by atoms with E-state index >= 15 is 0 Å². The number of alkyl halides is 1. The molecular weight excluding hydrogens is 267 g/mol. The smallest absolute Gasteiger partial charge is 0.123 e. The van der Waals surface area contributed by atoms with Gasteiger partial charge in [-0.2, -0.15) is 0 Å². The van der Waals surface area contributed by atoms with E-state index in [1.807, 2.05) is 13.0 Å². The molecule has 1 aliphatic rings. The van der Waals surface area contributed by atoms with Crippen LogP contribution >= 0.6 is 15.9 Å². The maximum Gasteiger partial charge on any atom is 0.123 e. The van der Waals surface area contributed by atoms with Crippen molar-refractivity contribution in [2.75, 3.05) is 0 Å². The summed E-state index contributed by atoms with van der Waals surface area (Å²) in [5.41, 5.74) is 2.41. The van der Waals surface area contributed by atoms with Crippen LogP contribution in [0.3, 0.4) is 0 Å². The third-order valence-electron chi connectivity index (χ3n) is 3.53. The van der Waals surface area contributed by atoms with E-state index in [4.69, 9.17) is 0 Å². The Bertz CT molecular complexity index is 362. The van der Waals surface area contributed by atoms with E-state index in [9.17, 15) is 4.39 Å². The first-order valence-electron chi connectivity index (χ1n) is 6.04. The van der Waals surface area contributed by atoms with Gasteiger partial charge in [-0.3, -0.25) is 0 Å². The molecule has 0 spiro atoms. The van der Waals surface area contributed by atoms with Gasteiger partial charge in [0.25, 0.3) is 0 Å². The minimum atomic E-state index is -0.122. The molecule has 1 saturated carbocycles. The van der Waals surface area contributed by atoms with Crippen molar-refractivity contribution in [3.8, 4) is 0 Å². The Morgan fingerprint density at radius 2 is 2.19 bits per heavy atom. The van der Waals surface area contributed by atoms with Crippen LogP contribution in [0.4, 0.5) is 4.39 Å². The van der Waals surface area contributed by atoms with Crippen molar-refractivity contribution in [1.82, 2.24) is 0 Å². The van der Waals surface area contributed by atoms with Crippen LogP contribution in [0.1, 0.15) is 36.8 Å². The number of hydrogen-bond donors (Lipinski definition) is 0. The molecule has 1 aliphatic carbocycles. The highest BCUT2D eigenvalue weighted by atomic mass is 79.9. The van der Waals surface area contributed by atoms with Gasteiger partial charge in [0.05, 0.1) is 0 Å². The summed E-state index contributed by atoms with van der Waals surface area (Å²) in [7, 11) is 0. The van der Waals surface area contributed by atoms with Crippen LogP contribution in [0.5, 0.6) is 0 Å². The second kappa shape index (κ2) is 5.31. The second-order valence-corrected chi connectivity index (χ2v) is 6.20. The molecule has 0 bridgehead atoms. The van der Waals surface area contributed by atoms with E-state index in [-0.39, 0.29) is 5.82 Å². The molecule has 0 aromatic heterocycles. The molecule has 0 saturated heterocycles. The highest BCUT2D eigenvalue weighted by Gasteiger charge is 2.20. The van der Waals surface area contributed by atoms with Crippen molar-refractivity contribution in [2.45, 2.75) is 43.9 Å². The molecule has 88 valence electrons. The quantitative estimate of drug-likeness (QED) is 0.695. The van der Waals surface area contributed by atoms with Gasteiger partial charge in [-0.15, -0.1) is 0 Å². The van der Waals surface area contributed by atoms with Crippen LogP contribution in [-0.2, 0) is 6.42 Å². The number of aryl methyl sites for hydroxylation is 1. The lowest BCUT2D eigenvalue weighted by Gasteiger charge is -2.26. The summed E-state index contributed by atoms with van der Waals surface area (Å²) in [4.78, 5) is 0.687. The van der Waals surface area contributed by atoms with Gasteiger partial charge in [0.15, 0.2) is 0 Å². The lowest BCUT2D eigenvalue weighted by molar-refractivity contribution is 0.367. The topological polar surface area (TPSA) is 0 Å². The van der Waals surface area contributed by atoms with Gasteiger partial charge >= 0.3 is 0 Å². The van der Waals surface area contributed by atoms with Gasteiger partial charge in [-0.05, 0) is 55.4 Å². The summed E-state index contributed by atoms with van der Waals surface area (Å²) in [5.74, 6) is 0.644. The van der Waals surface area contributed by atoms with Crippen molar-refractivity contribution >= 4 is 15.9 Å². The standard InChI is InChI=1S/C14H18BrF/c1-10-7-14(16)6-5-12(10)8-11-3-2-4-13(15)9-11/h5-7,11,13H,2-4,8-9H2,1H3. The lowest BCUT2D eigenvalue weighted by Crippen LogP contribution is -2.17. The Labute approximate surface area is 105 Å². The Morgan fingerprint density at radius 3 is 2.88 bits per heavy atom. The van der Waals surface area contributed by atoms with E-state index in [1.165, 1.54) is 31.2 Å². The molecule has 2 rings (SSSR count). The molecule has 2 heteroatoms. The molecule has 0 amide bonds. The largest absolute Gasteiger partial charge is 0.207 e. The number of halogens is 2. The SMILES string of the molecule is Cc1cc(F)ccc1CC1CCCC(Br)C1. The molecule has 16 heavy (non-hydrogen) atoms. The molecule has 0 radical (unpaired) electrons. The first-order chi connectivity index (χ1) is 7.65. The molecule has 0 aliphatic heterocycles. The fraction of sp³-hybridized carbons (Fsp3) is 0.571. The summed E-state index contributed by atoms with van der Waals surface area (Å²) < 4.78 is 13.0. The average molecular weight is 285 g/mol. The number of hydrogen-bond acceptors (Lipinski definition) is 0. The molecular formula is C14H18BrF. The monoisotopic (exact) mass is 284 g/mol. The van der Waals surface area contributed by atoms with Gasteiger partial charge in [-0.25, -0.2) is 4.39 Å². The predicted molar refractivity (Wildman–Crippen MR) is 69.5 cm³/mol. The first kappa shape index (κ1) is 12.1. The van der Waals surface area contributed by atoms with Crippen molar-refractivity contribution in [3.63, 3.8) is 0 Å². The molecule has 2 atom stereocenters. The maximum absolute atomic E-state index is 13.0. The Hall–Kier alpha value is -0.370. The lowest BCUT2D eigenvalue weighted by atomic mass is 9.84. The molecule has 0 nitrogen and oxygen atoms in total. The van der Waals surface area contributed by atoms with Crippen LogP contribution in [0.15, 0.2) is 18.2 Å². The average Bonchev–Trinajstić information content (AvgIpc) is 2.22. The van der Waals surface area contributed by atoms with E-state index < -0.39 is 0 Å². The van der Waals surface area contributed by atoms with Crippen LogP contribution in [0, 0.1) is 18.7 Å². The highest BCUT2D eigenvalue weighted by molar-refractivity contribution is 9.09. The highest BCUT2D eigenvalue weighted by Crippen LogP contribution is 2.31. The van der Waals surface area contributed by atoms with E-state index in [0.717, 1.165) is 17.9 Å². The summed E-state index contributed by atoms with van der Waals surface area (Å²) >= 11 is 3.71. The van der Waals surface area contributed by atoms with Gasteiger partial charge < -0.3 is 0 Å². The Balaban J connectivity index is 2.02. The van der Waals surface area contributed by atoms with Crippen LogP contribution in [0.25, 0.3) is 0 Å². The van der Waals surface area contributed by atoms with E-state index in [1.54, 1.807) is 12.1 Å². The molecule has 1 aromatic carbocycles. The van der Waals surface area contributed by atoms with Crippen LogP contribution in [0.2, 0.25) is 0 Å². The summed E-state index contributed by atoms with van der Waals surface area (Å²) in [6, 6.07) is 5.17. The number of rotatable bonds is 2. The number of benzene rings is 1. The van der Waals surface area contributed by atoms with Gasteiger partial charge in [-0.1, -0.05) is 34.8 Å². The normalized spacial score (nSPS) is 25.7. The zero-order chi connectivity index (χ0) is 11.5. The Morgan fingerprint density at radius 1 is 1.38 bits per heavy atom. The van der Waals surface area contributed by atoms with Crippen LogP contribution < -0.4 is 0 Å². The van der Waals surface area contributed by atoms with Gasteiger partial charge in [0, 0.05) is 4.83 Å². The van der Waals surface area contributed by atoms with Crippen LogP contribution in [-0.4, -0.2) is 4.83 Å². The maximum atomic E-state index is 13.0. The zero-order valence-electron chi connectivity index (χ0n) is 9.68. The molecule has 2 unspecified atom stereocenters. The van der Waals surface area contributed by atoms with Crippen molar-refractivity contribution in [2.24, 2.45) is 5.92 Å². The van der Waals surface area contributed by atoms with Gasteiger partial charge in [0.2, 0.25) is 0 Å². The minimum Gasteiger partial charge on any atom is -0.207 e. The van der Waals surface area contributed by atoms with Crippen molar-refractivity contribution in [3.05, 3.63) is 35.1 Å². The third kappa shape index (κ3) is 3.07. The fourth-order valence-electron chi connectivity index (χ4n) is 2.61. The third-order valence-corrected chi connectivity index (χ3v) is 4.36. The van der Waals surface area contributed by atoms with Crippen molar-refractivity contribution in [1.29, 1.82) is 0 Å². The zero-order valence-corrected chi connectivity index (χ0v) is 11.3. The fourth-order valence-corrected chi connectivity index (χ4v) is 3.46. The van der Waals surface area contributed by atoms with E-state index in [2.05, 4.69) is 15.9 Å². The molecule has 1 fully saturated rings. The van der Waals surface area contributed by atoms with Gasteiger partial charge in [0.1, 0.15) is 5.82 Å². The molecule has 1 aromatic rings.